The van der Waals surface area contributed by atoms with E-state index in [9.17, 15) is 24.3 Å². The lowest BCUT2D eigenvalue weighted by atomic mass is 9.85. The molecule has 4 aliphatic rings. The Bertz CT molecular complexity index is 2270. The second kappa shape index (κ2) is 8.90. The maximum atomic E-state index is 13.9. The second-order valence-electron chi connectivity index (χ2n) is 12.4. The number of hydrogen-bond acceptors (Lipinski definition) is 7. The summed E-state index contributed by atoms with van der Waals surface area (Å²) in [5, 5.41) is 11.7. The molecule has 46 heavy (non-hydrogen) atoms. The van der Waals surface area contributed by atoms with Crippen molar-refractivity contribution < 1.29 is 33.8 Å². The first-order valence-electron chi connectivity index (χ1n) is 15.0. The molecular weight excluding hydrogens is 590 g/mol. The normalized spacial score (nSPS) is 20.8. The van der Waals surface area contributed by atoms with Gasteiger partial charge in [-0.3, -0.25) is 14.4 Å². The summed E-state index contributed by atoms with van der Waals surface area (Å²) in [6, 6.07) is 12.1. The van der Waals surface area contributed by atoms with Gasteiger partial charge in [-0.2, -0.15) is 0 Å². The van der Waals surface area contributed by atoms with Crippen molar-refractivity contribution in [1.29, 1.82) is 0 Å². The summed E-state index contributed by atoms with van der Waals surface area (Å²) in [6.45, 7) is 0.910. The van der Waals surface area contributed by atoms with E-state index >= 15 is 0 Å². The number of nitrogens with one attached hydrogen (secondary N) is 3. The van der Waals surface area contributed by atoms with E-state index in [2.05, 4.69) is 15.0 Å². The maximum Gasteiger partial charge on any atom is 0.354 e. The average Bonchev–Trinajstić information content (AvgIpc) is 3.68. The van der Waals surface area contributed by atoms with Crippen LogP contribution in [-0.2, 0) is 16.6 Å². The number of aromatic nitrogens is 3. The third kappa shape index (κ3) is 3.38. The number of nitrogens with zero attached hydrogens (tertiary/aromatic N) is 2. The summed E-state index contributed by atoms with van der Waals surface area (Å²) in [7, 11) is 2.79. The van der Waals surface area contributed by atoms with Gasteiger partial charge in [0, 0.05) is 63.8 Å². The van der Waals surface area contributed by atoms with Crippen LogP contribution >= 0.6 is 0 Å². The number of H-pyrrole nitrogens is 3. The molecule has 230 valence electrons. The summed E-state index contributed by atoms with van der Waals surface area (Å²) in [5.74, 6) is -0.861. The quantitative estimate of drug-likeness (QED) is 0.220. The van der Waals surface area contributed by atoms with Crippen LogP contribution < -0.4 is 9.64 Å². The number of methoxy groups -OCH3 is 2. The molecule has 1 spiro atoms. The van der Waals surface area contributed by atoms with Crippen molar-refractivity contribution in [2.24, 2.45) is 5.92 Å². The van der Waals surface area contributed by atoms with E-state index in [0.717, 1.165) is 34.1 Å². The molecule has 0 radical (unpaired) electrons. The minimum atomic E-state index is -0.508. The zero-order valence-corrected chi connectivity index (χ0v) is 24.8. The van der Waals surface area contributed by atoms with Crippen LogP contribution in [0.4, 0.5) is 5.69 Å². The lowest BCUT2D eigenvalue weighted by Crippen LogP contribution is -2.33. The summed E-state index contributed by atoms with van der Waals surface area (Å²) in [6.07, 6.45) is 2.93. The minimum Gasteiger partial charge on any atom is -0.504 e. The molecule has 2 amide bonds. The lowest BCUT2D eigenvalue weighted by molar-refractivity contribution is 0.0594. The molecule has 1 saturated carbocycles. The van der Waals surface area contributed by atoms with Crippen LogP contribution in [0.5, 0.6) is 11.5 Å². The molecule has 4 N–H and O–H groups in total. The number of carbonyl (C=O) groups is 4. The number of phenolic OH excluding ortho intramolecular Hbond substituents is 1. The predicted octanol–water partition coefficient (Wildman–Crippen LogP) is 4.17. The van der Waals surface area contributed by atoms with Gasteiger partial charge in [0.05, 0.1) is 19.9 Å². The van der Waals surface area contributed by atoms with Gasteiger partial charge in [-0.15, -0.1) is 0 Å². The Labute approximate surface area is 260 Å². The Morgan fingerprint density at radius 1 is 0.935 bits per heavy atom. The number of esters is 1. The second-order valence-corrected chi connectivity index (χ2v) is 12.4. The first-order valence-corrected chi connectivity index (χ1v) is 15.0. The molecule has 2 aliphatic carbocycles. The maximum absolute atomic E-state index is 13.9. The van der Waals surface area contributed by atoms with Crippen LogP contribution in [0.25, 0.3) is 21.8 Å². The predicted molar refractivity (Wildman–Crippen MR) is 166 cm³/mol. The highest BCUT2D eigenvalue weighted by Gasteiger charge is 2.68. The Balaban J connectivity index is 1.02. The van der Waals surface area contributed by atoms with Gasteiger partial charge in [0.2, 0.25) is 5.78 Å². The van der Waals surface area contributed by atoms with Gasteiger partial charge in [0.15, 0.2) is 11.5 Å². The lowest BCUT2D eigenvalue weighted by Gasteiger charge is -2.27. The number of aromatic amines is 3. The van der Waals surface area contributed by atoms with E-state index < -0.39 is 11.4 Å². The molecule has 0 unspecified atom stereocenters. The summed E-state index contributed by atoms with van der Waals surface area (Å²) < 4.78 is 10.0. The highest BCUT2D eigenvalue weighted by Crippen LogP contribution is 2.67. The van der Waals surface area contributed by atoms with Gasteiger partial charge in [0.1, 0.15) is 17.1 Å². The van der Waals surface area contributed by atoms with Crippen LogP contribution in [0.1, 0.15) is 59.5 Å². The van der Waals surface area contributed by atoms with Crippen LogP contribution in [0.3, 0.4) is 0 Å². The largest absolute Gasteiger partial charge is 0.504 e. The number of rotatable bonds is 4. The zero-order valence-electron chi connectivity index (χ0n) is 24.8. The number of ether oxygens (including phenoxy) is 2. The van der Waals surface area contributed by atoms with Gasteiger partial charge in [-0.1, -0.05) is 0 Å². The summed E-state index contributed by atoms with van der Waals surface area (Å²) in [4.78, 5) is 66.0. The fourth-order valence-corrected chi connectivity index (χ4v) is 7.86. The number of allylic oxidation sites excluding steroid dienone is 2. The van der Waals surface area contributed by atoms with E-state index in [1.54, 1.807) is 34.1 Å². The smallest absolute Gasteiger partial charge is 0.354 e. The van der Waals surface area contributed by atoms with Gasteiger partial charge in [0.25, 0.3) is 11.8 Å². The van der Waals surface area contributed by atoms with Crippen LogP contribution in [0.2, 0.25) is 0 Å². The number of carbonyl (C=O) groups excluding carboxylic acids is 4. The van der Waals surface area contributed by atoms with Gasteiger partial charge in [-0.25, -0.2) is 4.79 Å². The fraction of sp³-hybridized carbons (Fsp3) is 0.235. The zero-order chi connectivity index (χ0) is 31.6. The molecule has 2 aromatic carbocycles. The Morgan fingerprint density at radius 3 is 2.52 bits per heavy atom. The van der Waals surface area contributed by atoms with Gasteiger partial charge in [-0.05, 0) is 66.3 Å². The number of anilines is 1. The van der Waals surface area contributed by atoms with Crippen LogP contribution in [-0.4, -0.2) is 75.8 Å². The molecule has 9 rings (SSSR count). The highest BCUT2D eigenvalue weighted by molar-refractivity contribution is 6.13. The molecule has 1 saturated heterocycles. The number of hydrogen-bond donors (Lipinski definition) is 4. The van der Waals surface area contributed by atoms with E-state index in [4.69, 9.17) is 9.47 Å². The third-order valence-corrected chi connectivity index (χ3v) is 10.1. The highest BCUT2D eigenvalue weighted by atomic mass is 16.5. The Kier molecular flexibility index (Phi) is 5.15. The van der Waals surface area contributed by atoms with E-state index in [1.165, 1.54) is 26.4 Å². The molecule has 12 heteroatoms. The Hall–Kier alpha value is -5.78. The number of amides is 2. The summed E-state index contributed by atoms with van der Waals surface area (Å²) in [5.41, 5.74) is 5.45. The Morgan fingerprint density at radius 2 is 1.72 bits per heavy atom. The number of phenols is 1. The van der Waals surface area contributed by atoms with Crippen LogP contribution in [0.15, 0.2) is 54.2 Å². The number of aromatic hydroxyl groups is 1. The SMILES string of the molecule is COC(=O)c1cc2c3c(ccc2[nH]1)N(C(=O)c1cc2c([nH]1)C(=O)C=C1N(C(=O)c4cc5cc(O)c(OC)cc5[nH]4)C[C@@H]4C[C@@]124)CC3. The van der Waals surface area contributed by atoms with E-state index in [0.29, 0.717) is 64.6 Å². The standard InChI is InChI=1S/C34H27N5O7/c1-45-28-11-21-15(8-26(28)40)7-22(36-21)32(43)39-14-16-13-34(16)19-10-23(37-30(19)27(41)12-29(34)39)31(42)38-6-5-17-18-9-24(33(44)46-2)35-20(18)3-4-25(17)38/h3-4,7-12,16,35-37,40H,5-6,13-14H2,1-2H3/t16-,34-/m0/s1. The van der Waals surface area contributed by atoms with E-state index in [-0.39, 0.29) is 29.3 Å². The van der Waals surface area contributed by atoms with Crippen molar-refractivity contribution in [3.8, 4) is 11.5 Å². The number of fused-ring (bicyclic) bond motifs is 5. The molecule has 5 aromatic rings. The van der Waals surface area contributed by atoms with Gasteiger partial charge >= 0.3 is 5.97 Å². The van der Waals surface area contributed by atoms with Crippen molar-refractivity contribution in [2.75, 3.05) is 32.2 Å². The third-order valence-electron chi connectivity index (χ3n) is 10.1. The van der Waals surface area contributed by atoms with Crippen molar-refractivity contribution in [3.63, 3.8) is 0 Å². The fourth-order valence-electron chi connectivity index (χ4n) is 7.86. The first-order chi connectivity index (χ1) is 22.2. The number of likely N-dealkylation sites (tertiary alicyclic amines) is 1. The van der Waals surface area contributed by atoms with Crippen molar-refractivity contribution in [2.45, 2.75) is 18.3 Å². The molecule has 2 atom stereocenters. The van der Waals surface area contributed by atoms with Crippen molar-refractivity contribution >= 4 is 51.1 Å². The monoisotopic (exact) mass is 617 g/mol. The molecule has 3 aromatic heterocycles. The molecule has 2 fully saturated rings. The number of ketones is 1. The van der Waals surface area contributed by atoms with Gasteiger partial charge < -0.3 is 39.3 Å². The topological polar surface area (TPSA) is 161 Å². The average molecular weight is 618 g/mol. The number of benzene rings is 2. The van der Waals surface area contributed by atoms with Crippen molar-refractivity contribution in [1.82, 2.24) is 19.9 Å². The molecular formula is C34H27N5O7. The molecule has 0 bridgehead atoms. The van der Waals surface area contributed by atoms with Crippen molar-refractivity contribution in [3.05, 3.63) is 88.1 Å². The first kappa shape index (κ1) is 26.6. The van der Waals surface area contributed by atoms with Crippen LogP contribution in [0, 0.1) is 5.92 Å². The summed E-state index contributed by atoms with van der Waals surface area (Å²) >= 11 is 0. The number of piperidine rings is 1. The molecule has 5 heterocycles. The minimum absolute atomic E-state index is 0.0248. The molecule has 12 nitrogen and oxygen atoms in total. The van der Waals surface area contributed by atoms with E-state index in [1.807, 2.05) is 12.1 Å². The molecule has 2 aliphatic heterocycles.